The lowest BCUT2D eigenvalue weighted by molar-refractivity contribution is 0.0953. The fraction of sp³-hybridized carbons (Fsp3) is 0.160. The molecular formula is C25H23N5O2. The molecule has 7 nitrogen and oxygen atoms in total. The zero-order chi connectivity index (χ0) is 21.9. The number of amides is 2. The summed E-state index contributed by atoms with van der Waals surface area (Å²) in [6.45, 7) is 1.29. The Bertz CT molecular complexity index is 1260. The summed E-state index contributed by atoms with van der Waals surface area (Å²) >= 11 is 0. The second-order valence-electron chi connectivity index (χ2n) is 7.79. The number of carbonyl (C=O) groups excluding carboxylic acids is 2. The Labute approximate surface area is 185 Å². The molecule has 2 amide bonds. The van der Waals surface area contributed by atoms with E-state index in [1.54, 1.807) is 12.1 Å². The molecule has 160 valence electrons. The van der Waals surface area contributed by atoms with Crippen molar-refractivity contribution >= 4 is 17.6 Å². The Morgan fingerprint density at radius 1 is 0.969 bits per heavy atom. The molecule has 1 aliphatic rings. The zero-order valence-corrected chi connectivity index (χ0v) is 17.5. The molecule has 32 heavy (non-hydrogen) atoms. The van der Waals surface area contributed by atoms with Crippen molar-refractivity contribution in [2.75, 3.05) is 11.9 Å². The second kappa shape index (κ2) is 8.55. The molecule has 7 heteroatoms. The highest BCUT2D eigenvalue weighted by Crippen LogP contribution is 2.33. The van der Waals surface area contributed by atoms with Crippen LogP contribution in [0.15, 0.2) is 72.9 Å². The van der Waals surface area contributed by atoms with E-state index < -0.39 is 0 Å². The number of benzene rings is 2. The first-order valence-corrected chi connectivity index (χ1v) is 10.7. The van der Waals surface area contributed by atoms with Crippen molar-refractivity contribution in [2.24, 2.45) is 0 Å². The van der Waals surface area contributed by atoms with Crippen LogP contribution in [0.4, 0.5) is 5.82 Å². The van der Waals surface area contributed by atoms with Gasteiger partial charge in [0.05, 0.1) is 17.0 Å². The molecule has 5 rings (SSSR count). The number of aryl methyl sites for hydroxylation is 1. The normalized spacial score (nSPS) is 12.0. The van der Waals surface area contributed by atoms with Crippen LogP contribution in [0.3, 0.4) is 0 Å². The van der Waals surface area contributed by atoms with Gasteiger partial charge >= 0.3 is 0 Å². The molecule has 0 saturated heterocycles. The van der Waals surface area contributed by atoms with E-state index in [2.05, 4.69) is 37.5 Å². The van der Waals surface area contributed by atoms with Crippen LogP contribution in [0.1, 0.15) is 31.8 Å². The standard InChI is InChI=1S/C25H23N5O2/c31-24(26-13-11-17-7-3-1-4-8-17)19-15-21-22-20(12-14-30(21)16-19)23(29-28-22)27-25(32)18-9-5-2-6-10-18/h1-10,15-16H,11-14H2,(H,26,31)(H2,27,28,29,32). The molecule has 0 unspecified atom stereocenters. The van der Waals surface area contributed by atoms with Gasteiger partial charge in [-0.05, 0) is 36.6 Å². The zero-order valence-electron chi connectivity index (χ0n) is 17.5. The van der Waals surface area contributed by atoms with Crippen LogP contribution in [-0.2, 0) is 19.4 Å². The van der Waals surface area contributed by atoms with Crippen LogP contribution in [-0.4, -0.2) is 33.1 Å². The Balaban J connectivity index is 1.29. The average Bonchev–Trinajstić information content (AvgIpc) is 3.44. The second-order valence-corrected chi connectivity index (χ2v) is 7.79. The Morgan fingerprint density at radius 2 is 1.72 bits per heavy atom. The maximum absolute atomic E-state index is 12.7. The molecule has 0 fully saturated rings. The summed E-state index contributed by atoms with van der Waals surface area (Å²) in [6, 6.07) is 21.0. The summed E-state index contributed by atoms with van der Waals surface area (Å²) in [5, 5.41) is 13.3. The van der Waals surface area contributed by atoms with E-state index >= 15 is 0 Å². The predicted molar refractivity (Wildman–Crippen MR) is 123 cm³/mol. The van der Waals surface area contributed by atoms with Crippen molar-refractivity contribution in [1.29, 1.82) is 0 Å². The molecule has 0 radical (unpaired) electrons. The molecule has 1 aliphatic heterocycles. The highest BCUT2D eigenvalue weighted by atomic mass is 16.2. The molecule has 3 heterocycles. The van der Waals surface area contributed by atoms with Gasteiger partial charge < -0.3 is 15.2 Å². The van der Waals surface area contributed by atoms with E-state index in [1.807, 2.05) is 48.7 Å². The Hall–Kier alpha value is -4.13. The molecule has 2 aromatic carbocycles. The van der Waals surface area contributed by atoms with E-state index in [-0.39, 0.29) is 11.8 Å². The maximum Gasteiger partial charge on any atom is 0.256 e. The molecule has 0 saturated carbocycles. The minimum absolute atomic E-state index is 0.0958. The summed E-state index contributed by atoms with van der Waals surface area (Å²) in [5.41, 5.74) is 5.07. The monoisotopic (exact) mass is 425 g/mol. The van der Waals surface area contributed by atoms with Crippen molar-refractivity contribution in [3.05, 3.63) is 95.2 Å². The highest BCUT2D eigenvalue weighted by Gasteiger charge is 2.25. The van der Waals surface area contributed by atoms with Crippen LogP contribution < -0.4 is 10.6 Å². The fourth-order valence-corrected chi connectivity index (χ4v) is 4.02. The number of nitrogens with one attached hydrogen (secondary N) is 3. The minimum Gasteiger partial charge on any atom is -0.352 e. The SMILES string of the molecule is O=C(NCCc1ccccc1)c1cc2n(c1)CCc1c(NC(=O)c3ccccc3)n[nH]c1-2. The third-order valence-electron chi connectivity index (χ3n) is 5.69. The van der Waals surface area contributed by atoms with Crippen molar-refractivity contribution < 1.29 is 9.59 Å². The number of aromatic nitrogens is 3. The Kier molecular flexibility index (Phi) is 5.29. The number of H-pyrrole nitrogens is 1. The lowest BCUT2D eigenvalue weighted by Crippen LogP contribution is -2.25. The van der Waals surface area contributed by atoms with E-state index in [4.69, 9.17) is 0 Å². The van der Waals surface area contributed by atoms with Crippen molar-refractivity contribution in [1.82, 2.24) is 20.1 Å². The van der Waals surface area contributed by atoms with Crippen molar-refractivity contribution in [3.8, 4) is 11.4 Å². The smallest absolute Gasteiger partial charge is 0.256 e. The number of rotatable bonds is 6. The Morgan fingerprint density at radius 3 is 2.50 bits per heavy atom. The summed E-state index contributed by atoms with van der Waals surface area (Å²) < 4.78 is 2.05. The predicted octanol–water partition coefficient (Wildman–Crippen LogP) is 3.66. The summed E-state index contributed by atoms with van der Waals surface area (Å²) in [6.07, 6.45) is 3.38. The third kappa shape index (κ3) is 3.92. The first-order valence-electron chi connectivity index (χ1n) is 10.7. The van der Waals surface area contributed by atoms with Crippen molar-refractivity contribution in [2.45, 2.75) is 19.4 Å². The van der Waals surface area contributed by atoms with Crippen molar-refractivity contribution in [3.63, 3.8) is 0 Å². The van der Waals surface area contributed by atoms with Crippen LogP contribution in [0.2, 0.25) is 0 Å². The van der Waals surface area contributed by atoms with E-state index in [9.17, 15) is 9.59 Å². The lowest BCUT2D eigenvalue weighted by Gasteiger charge is -2.16. The lowest BCUT2D eigenvalue weighted by atomic mass is 10.1. The number of anilines is 1. The maximum atomic E-state index is 12.7. The van der Waals surface area contributed by atoms with Crippen LogP contribution in [0.25, 0.3) is 11.4 Å². The largest absolute Gasteiger partial charge is 0.352 e. The van der Waals surface area contributed by atoms with E-state index in [0.29, 0.717) is 36.5 Å². The van der Waals surface area contributed by atoms with E-state index in [0.717, 1.165) is 23.4 Å². The van der Waals surface area contributed by atoms with Gasteiger partial charge in [0.25, 0.3) is 11.8 Å². The average molecular weight is 425 g/mol. The summed E-state index contributed by atoms with van der Waals surface area (Å²) in [4.78, 5) is 25.2. The van der Waals surface area contributed by atoms with Gasteiger partial charge in [-0.3, -0.25) is 14.7 Å². The summed E-state index contributed by atoms with van der Waals surface area (Å²) in [5.74, 6) is 0.246. The molecular weight excluding hydrogens is 402 g/mol. The molecule has 2 aromatic heterocycles. The number of aromatic amines is 1. The first kappa shape index (κ1) is 19.8. The van der Waals surface area contributed by atoms with Gasteiger partial charge in [-0.15, -0.1) is 0 Å². The highest BCUT2D eigenvalue weighted by molar-refractivity contribution is 6.04. The number of hydrogen-bond acceptors (Lipinski definition) is 3. The molecule has 4 aromatic rings. The van der Waals surface area contributed by atoms with Gasteiger partial charge in [0.2, 0.25) is 0 Å². The minimum atomic E-state index is -0.195. The van der Waals surface area contributed by atoms with Gasteiger partial charge in [-0.1, -0.05) is 48.5 Å². The number of fused-ring (bicyclic) bond motifs is 3. The molecule has 3 N–H and O–H groups in total. The quantitative estimate of drug-likeness (QED) is 0.440. The van der Waals surface area contributed by atoms with Gasteiger partial charge in [0.1, 0.15) is 0 Å². The summed E-state index contributed by atoms with van der Waals surface area (Å²) in [7, 11) is 0. The van der Waals surface area contributed by atoms with Gasteiger partial charge in [-0.2, -0.15) is 5.10 Å². The molecule has 0 spiro atoms. The molecule has 0 atom stereocenters. The van der Waals surface area contributed by atoms with Gasteiger partial charge in [-0.25, -0.2) is 0 Å². The number of nitrogens with zero attached hydrogens (tertiary/aromatic N) is 2. The molecule has 0 aliphatic carbocycles. The van der Waals surface area contributed by atoms with Gasteiger partial charge in [0, 0.05) is 30.4 Å². The number of hydrogen-bond donors (Lipinski definition) is 3. The van der Waals surface area contributed by atoms with Crippen LogP contribution in [0.5, 0.6) is 0 Å². The van der Waals surface area contributed by atoms with Crippen LogP contribution in [0, 0.1) is 0 Å². The number of carbonyl (C=O) groups is 2. The fourth-order valence-electron chi connectivity index (χ4n) is 4.02. The van der Waals surface area contributed by atoms with Crippen LogP contribution >= 0.6 is 0 Å². The van der Waals surface area contributed by atoms with Gasteiger partial charge in [0.15, 0.2) is 5.82 Å². The molecule has 0 bridgehead atoms. The third-order valence-corrected chi connectivity index (χ3v) is 5.69. The first-order chi connectivity index (χ1) is 15.7. The topological polar surface area (TPSA) is 91.8 Å². The van der Waals surface area contributed by atoms with E-state index in [1.165, 1.54) is 5.56 Å².